The standard InChI is InChI=1S/C16H15ClO5S/c1-21-14-6-4-3-5-12(14)10-22-16(18)11-7-8-13(17)15(9-11)23(2,19)20/h3-9H,10H2,1-2H3. The second-order valence-electron chi connectivity index (χ2n) is 4.81. The summed E-state index contributed by atoms with van der Waals surface area (Å²) in [4.78, 5) is 12.0. The Balaban J connectivity index is 2.19. The molecule has 0 aliphatic rings. The lowest BCUT2D eigenvalue weighted by Crippen LogP contribution is -2.08. The molecule has 2 aromatic carbocycles. The van der Waals surface area contributed by atoms with Crippen molar-refractivity contribution >= 4 is 27.4 Å². The topological polar surface area (TPSA) is 69.7 Å². The summed E-state index contributed by atoms with van der Waals surface area (Å²) in [5.74, 6) is -0.0364. The van der Waals surface area contributed by atoms with E-state index < -0.39 is 15.8 Å². The van der Waals surface area contributed by atoms with Gasteiger partial charge in [0, 0.05) is 11.8 Å². The highest BCUT2D eigenvalue weighted by Gasteiger charge is 2.17. The molecule has 0 atom stereocenters. The third-order valence-corrected chi connectivity index (χ3v) is 4.70. The van der Waals surface area contributed by atoms with Crippen LogP contribution in [0.1, 0.15) is 15.9 Å². The third-order valence-electron chi connectivity index (χ3n) is 3.12. The highest BCUT2D eigenvalue weighted by Crippen LogP contribution is 2.24. The average Bonchev–Trinajstić information content (AvgIpc) is 2.52. The number of carbonyl (C=O) groups excluding carboxylic acids is 1. The molecule has 0 fully saturated rings. The summed E-state index contributed by atoms with van der Waals surface area (Å²) >= 11 is 5.85. The molecule has 2 aromatic rings. The van der Waals surface area contributed by atoms with Crippen LogP contribution in [0.15, 0.2) is 47.4 Å². The van der Waals surface area contributed by atoms with Crippen LogP contribution in [-0.4, -0.2) is 27.8 Å². The molecule has 0 bridgehead atoms. The van der Waals surface area contributed by atoms with Gasteiger partial charge in [0.2, 0.25) is 0 Å². The van der Waals surface area contributed by atoms with Crippen molar-refractivity contribution in [1.29, 1.82) is 0 Å². The van der Waals surface area contributed by atoms with Gasteiger partial charge in [-0.25, -0.2) is 13.2 Å². The molecule has 0 amide bonds. The first-order valence-electron chi connectivity index (χ1n) is 6.61. The van der Waals surface area contributed by atoms with Gasteiger partial charge in [0.05, 0.1) is 22.6 Å². The molecule has 0 aliphatic heterocycles. The summed E-state index contributed by atoms with van der Waals surface area (Å²) in [5, 5.41) is 0.0637. The molecule has 0 saturated heterocycles. The molecular formula is C16H15ClO5S. The summed E-state index contributed by atoms with van der Waals surface area (Å²) in [6, 6.07) is 11.1. The zero-order valence-electron chi connectivity index (χ0n) is 12.6. The molecular weight excluding hydrogens is 340 g/mol. The smallest absolute Gasteiger partial charge is 0.338 e. The van der Waals surface area contributed by atoms with Crippen LogP contribution in [-0.2, 0) is 21.2 Å². The van der Waals surface area contributed by atoms with Gasteiger partial charge in [0.15, 0.2) is 9.84 Å². The molecule has 0 spiro atoms. The maximum atomic E-state index is 12.1. The number of methoxy groups -OCH3 is 1. The van der Waals surface area contributed by atoms with Gasteiger partial charge in [-0.2, -0.15) is 0 Å². The van der Waals surface area contributed by atoms with Crippen LogP contribution in [0.4, 0.5) is 0 Å². The first-order chi connectivity index (χ1) is 10.8. The summed E-state index contributed by atoms with van der Waals surface area (Å²) in [5.41, 5.74) is 0.824. The first kappa shape index (κ1) is 17.3. The molecule has 0 saturated carbocycles. The first-order valence-corrected chi connectivity index (χ1v) is 8.88. The van der Waals surface area contributed by atoms with E-state index in [9.17, 15) is 13.2 Å². The minimum absolute atomic E-state index is 0.0136. The van der Waals surface area contributed by atoms with E-state index in [2.05, 4.69) is 0 Å². The Kier molecular flexibility index (Phi) is 5.28. The predicted octanol–water partition coefficient (Wildman–Crippen LogP) is 3.11. The zero-order chi connectivity index (χ0) is 17.0. The van der Waals surface area contributed by atoms with Gasteiger partial charge >= 0.3 is 5.97 Å². The molecule has 0 N–H and O–H groups in total. The highest BCUT2D eigenvalue weighted by atomic mass is 35.5. The van der Waals surface area contributed by atoms with E-state index in [0.717, 1.165) is 6.26 Å². The second kappa shape index (κ2) is 7.02. The van der Waals surface area contributed by atoms with Crippen LogP contribution < -0.4 is 4.74 Å². The van der Waals surface area contributed by atoms with E-state index >= 15 is 0 Å². The molecule has 0 unspecified atom stereocenters. The van der Waals surface area contributed by atoms with Gasteiger partial charge in [-0.3, -0.25) is 0 Å². The third kappa shape index (κ3) is 4.24. The molecule has 0 heterocycles. The average molecular weight is 355 g/mol. The quantitative estimate of drug-likeness (QED) is 0.771. The van der Waals surface area contributed by atoms with Gasteiger partial charge in [-0.1, -0.05) is 29.8 Å². The number of para-hydroxylation sites is 1. The Morgan fingerprint density at radius 2 is 1.87 bits per heavy atom. The molecule has 2 rings (SSSR count). The number of sulfone groups is 1. The Morgan fingerprint density at radius 1 is 1.17 bits per heavy atom. The molecule has 5 nitrogen and oxygen atoms in total. The van der Waals surface area contributed by atoms with Crippen LogP contribution in [0.5, 0.6) is 5.75 Å². The Labute approximate surface area is 139 Å². The van der Waals surface area contributed by atoms with Gasteiger partial charge in [0.25, 0.3) is 0 Å². The zero-order valence-corrected chi connectivity index (χ0v) is 14.1. The number of hydrogen-bond acceptors (Lipinski definition) is 5. The maximum absolute atomic E-state index is 12.1. The van der Waals surface area contributed by atoms with Crippen molar-refractivity contribution in [2.24, 2.45) is 0 Å². The van der Waals surface area contributed by atoms with Gasteiger partial charge in [-0.05, 0) is 24.3 Å². The van der Waals surface area contributed by atoms with Crippen molar-refractivity contribution in [2.75, 3.05) is 13.4 Å². The van der Waals surface area contributed by atoms with E-state index in [1.54, 1.807) is 18.2 Å². The molecule has 122 valence electrons. The minimum Gasteiger partial charge on any atom is -0.496 e. The van der Waals surface area contributed by atoms with Crippen LogP contribution >= 0.6 is 11.6 Å². The van der Waals surface area contributed by atoms with E-state index in [1.807, 2.05) is 6.07 Å². The van der Waals surface area contributed by atoms with Crippen molar-refractivity contribution in [3.63, 3.8) is 0 Å². The Hall–Kier alpha value is -2.05. The summed E-state index contributed by atoms with van der Waals surface area (Å²) in [6.45, 7) is 0.0136. The van der Waals surface area contributed by atoms with Crippen LogP contribution in [0, 0.1) is 0 Å². The van der Waals surface area contributed by atoms with Crippen LogP contribution in [0.3, 0.4) is 0 Å². The molecule has 0 aliphatic carbocycles. The minimum atomic E-state index is -3.53. The Bertz CT molecular complexity index is 830. The number of esters is 1. The maximum Gasteiger partial charge on any atom is 0.338 e. The van der Waals surface area contributed by atoms with Gasteiger partial charge in [0.1, 0.15) is 12.4 Å². The SMILES string of the molecule is COc1ccccc1COC(=O)c1ccc(Cl)c(S(C)(=O)=O)c1. The molecule has 23 heavy (non-hydrogen) atoms. The molecule has 7 heteroatoms. The van der Waals surface area contributed by atoms with Crippen molar-refractivity contribution in [2.45, 2.75) is 11.5 Å². The predicted molar refractivity (Wildman–Crippen MR) is 86.7 cm³/mol. The normalized spacial score (nSPS) is 11.1. The molecule has 0 radical (unpaired) electrons. The lowest BCUT2D eigenvalue weighted by atomic mass is 10.2. The summed E-state index contributed by atoms with van der Waals surface area (Å²) < 4.78 is 33.7. The number of hydrogen-bond donors (Lipinski definition) is 0. The number of rotatable bonds is 5. The fraction of sp³-hybridized carbons (Fsp3) is 0.188. The van der Waals surface area contributed by atoms with Gasteiger partial charge in [-0.15, -0.1) is 0 Å². The number of carbonyl (C=O) groups is 1. The van der Waals surface area contributed by atoms with E-state index in [4.69, 9.17) is 21.1 Å². The van der Waals surface area contributed by atoms with E-state index in [-0.39, 0.29) is 22.1 Å². The van der Waals surface area contributed by atoms with E-state index in [1.165, 1.54) is 25.3 Å². The highest BCUT2D eigenvalue weighted by molar-refractivity contribution is 7.90. The fourth-order valence-corrected chi connectivity index (χ4v) is 3.26. The van der Waals surface area contributed by atoms with Crippen LogP contribution in [0.2, 0.25) is 5.02 Å². The second-order valence-corrected chi connectivity index (χ2v) is 7.20. The summed E-state index contributed by atoms with van der Waals surface area (Å²) in [6.07, 6.45) is 1.03. The van der Waals surface area contributed by atoms with E-state index in [0.29, 0.717) is 11.3 Å². The van der Waals surface area contributed by atoms with Crippen molar-refractivity contribution < 1.29 is 22.7 Å². The van der Waals surface area contributed by atoms with Gasteiger partial charge < -0.3 is 9.47 Å². The monoisotopic (exact) mass is 354 g/mol. The van der Waals surface area contributed by atoms with Crippen molar-refractivity contribution in [1.82, 2.24) is 0 Å². The van der Waals surface area contributed by atoms with Crippen molar-refractivity contribution in [3.05, 3.63) is 58.6 Å². The number of halogens is 1. The largest absolute Gasteiger partial charge is 0.496 e. The Morgan fingerprint density at radius 3 is 2.52 bits per heavy atom. The number of ether oxygens (including phenoxy) is 2. The number of benzene rings is 2. The van der Waals surface area contributed by atoms with Crippen LogP contribution in [0.25, 0.3) is 0 Å². The van der Waals surface area contributed by atoms with Crippen molar-refractivity contribution in [3.8, 4) is 5.75 Å². The lowest BCUT2D eigenvalue weighted by Gasteiger charge is -2.10. The molecule has 0 aromatic heterocycles. The lowest BCUT2D eigenvalue weighted by molar-refractivity contribution is 0.0470. The fourth-order valence-electron chi connectivity index (χ4n) is 1.96. The summed E-state index contributed by atoms with van der Waals surface area (Å²) in [7, 11) is -2.00.